The van der Waals surface area contributed by atoms with Crippen LogP contribution >= 0.6 is 15.9 Å². The molecule has 6 nitrogen and oxygen atoms in total. The Kier molecular flexibility index (Phi) is 3.91. The van der Waals surface area contributed by atoms with Crippen LogP contribution in [0.2, 0.25) is 0 Å². The van der Waals surface area contributed by atoms with Crippen LogP contribution in [0.3, 0.4) is 0 Å². The number of pyridine rings is 1. The minimum absolute atomic E-state index is 0.199. The Morgan fingerprint density at radius 2 is 2.00 bits per heavy atom. The number of halogens is 1. The fourth-order valence-corrected chi connectivity index (χ4v) is 4.05. The van der Waals surface area contributed by atoms with E-state index in [4.69, 9.17) is 0 Å². The smallest absolute Gasteiger partial charge is 0.284 e. The quantitative estimate of drug-likeness (QED) is 0.758. The van der Waals surface area contributed by atoms with Gasteiger partial charge in [0, 0.05) is 0 Å². The van der Waals surface area contributed by atoms with Crippen LogP contribution in [0.5, 0.6) is 0 Å². The van der Waals surface area contributed by atoms with E-state index in [0.29, 0.717) is 22.9 Å². The van der Waals surface area contributed by atoms with Crippen LogP contribution in [0, 0.1) is 6.92 Å². The minimum Gasteiger partial charge on any atom is -0.326 e. The highest BCUT2D eigenvalue weighted by molar-refractivity contribution is 9.10. The summed E-state index contributed by atoms with van der Waals surface area (Å²) in [7, 11) is 0. The van der Waals surface area contributed by atoms with E-state index in [1.807, 2.05) is 0 Å². The highest BCUT2D eigenvalue weighted by atomic mass is 79.9. The number of aromatic nitrogens is 1. The third-order valence-corrected chi connectivity index (χ3v) is 5.12. The van der Waals surface area contributed by atoms with Gasteiger partial charge in [-0.2, -0.15) is 0 Å². The maximum Gasteiger partial charge on any atom is 0.284 e. The molecule has 1 aromatic rings. The van der Waals surface area contributed by atoms with Crippen molar-refractivity contribution in [2.75, 3.05) is 5.01 Å². The molecule has 23 heavy (non-hydrogen) atoms. The Balaban J connectivity index is 2.32. The summed E-state index contributed by atoms with van der Waals surface area (Å²) in [5, 5.41) is 4.37. The van der Waals surface area contributed by atoms with Crippen LogP contribution in [0.1, 0.15) is 48.2 Å². The highest BCUT2D eigenvalue weighted by Crippen LogP contribution is 2.34. The van der Waals surface area contributed by atoms with E-state index < -0.39 is 17.1 Å². The highest BCUT2D eigenvalue weighted by Gasteiger charge is 2.48. The van der Waals surface area contributed by atoms with Gasteiger partial charge in [-0.05, 0) is 66.2 Å². The summed E-state index contributed by atoms with van der Waals surface area (Å²) < 4.78 is 1.54. The van der Waals surface area contributed by atoms with E-state index in [2.05, 4.69) is 27.8 Å². The van der Waals surface area contributed by atoms with E-state index >= 15 is 0 Å². The lowest BCUT2D eigenvalue weighted by atomic mass is 9.87. The summed E-state index contributed by atoms with van der Waals surface area (Å²) in [6, 6.07) is 1.60. The Hall–Kier alpha value is -1.89. The van der Waals surface area contributed by atoms with E-state index in [1.165, 1.54) is 15.8 Å². The van der Waals surface area contributed by atoms with Gasteiger partial charge in [-0.15, -0.1) is 0 Å². The summed E-state index contributed by atoms with van der Waals surface area (Å²) in [6.07, 6.45) is 5.25. The van der Waals surface area contributed by atoms with Crippen molar-refractivity contribution in [1.82, 2.24) is 9.99 Å². The fourth-order valence-electron chi connectivity index (χ4n) is 3.54. The molecule has 2 heterocycles. The van der Waals surface area contributed by atoms with Crippen molar-refractivity contribution in [3.05, 3.63) is 44.8 Å². The van der Waals surface area contributed by atoms with Gasteiger partial charge in [-0.1, -0.05) is 13.0 Å². The molecule has 0 bridgehead atoms. The van der Waals surface area contributed by atoms with Gasteiger partial charge in [0.1, 0.15) is 11.4 Å². The maximum absolute atomic E-state index is 12.7. The number of carbonyl (C=O) groups is 2. The first kappa shape index (κ1) is 16.0. The molecular formula is C16H18BrN3O3. The zero-order chi connectivity index (χ0) is 16.8. The van der Waals surface area contributed by atoms with Crippen LogP contribution in [-0.4, -0.2) is 22.2 Å². The van der Waals surface area contributed by atoms with Crippen LogP contribution in [0.15, 0.2) is 28.0 Å². The molecule has 2 aliphatic rings. The Morgan fingerprint density at radius 3 is 2.61 bits per heavy atom. The van der Waals surface area contributed by atoms with Gasteiger partial charge in [-0.3, -0.25) is 14.4 Å². The number of hydrogen-bond donors (Lipinski definition) is 1. The summed E-state index contributed by atoms with van der Waals surface area (Å²) in [4.78, 5) is 37.9. The lowest BCUT2D eigenvalue weighted by molar-refractivity contribution is -0.118. The molecule has 2 amide bonds. The van der Waals surface area contributed by atoms with Crippen molar-refractivity contribution in [2.45, 2.75) is 44.7 Å². The second kappa shape index (κ2) is 5.63. The van der Waals surface area contributed by atoms with Crippen molar-refractivity contribution < 1.29 is 9.59 Å². The number of hydrogen-bond acceptors (Lipinski definition) is 3. The number of carbonyl (C=O) groups excluding carboxylic acids is 2. The number of fused-ring (bicyclic) bond motifs is 1. The Bertz CT molecular complexity index is 763. The van der Waals surface area contributed by atoms with E-state index in [9.17, 15) is 14.4 Å². The number of nitrogens with one attached hydrogen (secondary N) is 1. The standard InChI is InChI=1S/C16H18BrN3O3/c1-3-12(21)20-16(7-5-4-6-8-16)18-14(22)13-10(2)9-11(17)15(23)19(13)20/h3,9H,1,4-8H2,2H3,(H,18,22). The molecule has 0 unspecified atom stereocenters. The SMILES string of the molecule is C=CC(=O)N1n2c(c(C)cc(Br)c2=O)C(=O)NC12CCCCC2. The number of aryl methyl sites for hydroxylation is 1. The van der Waals surface area contributed by atoms with Crippen molar-refractivity contribution in [2.24, 2.45) is 0 Å². The molecule has 0 radical (unpaired) electrons. The molecule has 1 N–H and O–H groups in total. The van der Waals surface area contributed by atoms with Crippen molar-refractivity contribution in [3.63, 3.8) is 0 Å². The molecule has 1 fully saturated rings. The van der Waals surface area contributed by atoms with Gasteiger partial charge in [-0.25, -0.2) is 9.69 Å². The lowest BCUT2D eigenvalue weighted by Gasteiger charge is -2.49. The van der Waals surface area contributed by atoms with Crippen molar-refractivity contribution in [3.8, 4) is 0 Å². The van der Waals surface area contributed by atoms with Crippen LogP contribution < -0.4 is 15.9 Å². The zero-order valence-corrected chi connectivity index (χ0v) is 14.5. The normalized spacial score (nSPS) is 19.2. The Morgan fingerprint density at radius 1 is 1.35 bits per heavy atom. The molecular weight excluding hydrogens is 362 g/mol. The van der Waals surface area contributed by atoms with Crippen LogP contribution in [0.4, 0.5) is 0 Å². The monoisotopic (exact) mass is 379 g/mol. The molecule has 3 rings (SSSR count). The number of nitrogens with zero attached hydrogens (tertiary/aromatic N) is 2. The molecule has 122 valence electrons. The fraction of sp³-hybridized carbons (Fsp3) is 0.438. The predicted molar refractivity (Wildman–Crippen MR) is 89.8 cm³/mol. The summed E-state index contributed by atoms with van der Waals surface area (Å²) >= 11 is 3.23. The first-order valence-corrected chi connectivity index (χ1v) is 8.42. The van der Waals surface area contributed by atoms with Gasteiger partial charge in [0.15, 0.2) is 0 Å². The third kappa shape index (κ3) is 2.34. The first-order valence-electron chi connectivity index (χ1n) is 7.63. The van der Waals surface area contributed by atoms with Gasteiger partial charge >= 0.3 is 0 Å². The topological polar surface area (TPSA) is 71.4 Å². The maximum atomic E-state index is 12.7. The summed E-state index contributed by atoms with van der Waals surface area (Å²) in [5.41, 5.74) is -0.448. The summed E-state index contributed by atoms with van der Waals surface area (Å²) in [6.45, 7) is 5.29. The second-order valence-electron chi connectivity index (χ2n) is 6.04. The molecule has 1 aliphatic heterocycles. The Labute approximate surface area is 142 Å². The molecule has 1 aromatic heterocycles. The molecule has 1 spiro atoms. The van der Waals surface area contributed by atoms with Gasteiger partial charge in [0.25, 0.3) is 17.4 Å². The lowest BCUT2D eigenvalue weighted by Crippen LogP contribution is -2.73. The first-order chi connectivity index (χ1) is 10.9. The van der Waals surface area contributed by atoms with Crippen LogP contribution in [-0.2, 0) is 4.79 Å². The number of rotatable bonds is 1. The van der Waals surface area contributed by atoms with Gasteiger partial charge in [0.05, 0.1) is 4.47 Å². The van der Waals surface area contributed by atoms with Crippen molar-refractivity contribution >= 4 is 27.7 Å². The molecule has 7 heteroatoms. The molecule has 0 aromatic carbocycles. The molecule has 0 saturated heterocycles. The average Bonchev–Trinajstić information content (AvgIpc) is 2.52. The van der Waals surface area contributed by atoms with E-state index in [-0.39, 0.29) is 11.6 Å². The third-order valence-electron chi connectivity index (χ3n) is 4.56. The van der Waals surface area contributed by atoms with E-state index in [1.54, 1.807) is 13.0 Å². The minimum atomic E-state index is -0.856. The molecule has 1 aliphatic carbocycles. The van der Waals surface area contributed by atoms with Crippen molar-refractivity contribution in [1.29, 1.82) is 0 Å². The van der Waals surface area contributed by atoms with Crippen LogP contribution in [0.25, 0.3) is 0 Å². The average molecular weight is 380 g/mol. The predicted octanol–water partition coefficient (Wildman–Crippen LogP) is 1.97. The molecule has 1 saturated carbocycles. The summed E-state index contributed by atoms with van der Waals surface area (Å²) in [5.74, 6) is -0.713. The number of amides is 2. The largest absolute Gasteiger partial charge is 0.326 e. The molecule has 0 atom stereocenters. The zero-order valence-electron chi connectivity index (χ0n) is 12.9. The van der Waals surface area contributed by atoms with E-state index in [0.717, 1.165) is 19.3 Å². The second-order valence-corrected chi connectivity index (χ2v) is 6.90. The van der Waals surface area contributed by atoms with Gasteiger partial charge < -0.3 is 5.32 Å². The van der Waals surface area contributed by atoms with Gasteiger partial charge in [0.2, 0.25) is 0 Å².